The van der Waals surface area contributed by atoms with Crippen LogP contribution in [-0.4, -0.2) is 76.5 Å². The molecule has 0 bridgehead atoms. The van der Waals surface area contributed by atoms with Crippen LogP contribution in [0.5, 0.6) is 11.5 Å². The topological polar surface area (TPSA) is 135 Å². The van der Waals surface area contributed by atoms with Gasteiger partial charge in [-0.25, -0.2) is 22.3 Å². The van der Waals surface area contributed by atoms with Crippen LogP contribution in [0.15, 0.2) is 93.8 Å². The quantitative estimate of drug-likeness (QED) is 0.245. The van der Waals surface area contributed by atoms with Crippen molar-refractivity contribution in [3.05, 3.63) is 84.4 Å². The highest BCUT2D eigenvalue weighted by Gasteiger charge is 2.43. The van der Waals surface area contributed by atoms with Crippen molar-refractivity contribution in [2.24, 2.45) is 5.10 Å². The molecule has 0 aliphatic carbocycles. The van der Waals surface area contributed by atoms with Crippen molar-refractivity contribution >= 4 is 32.2 Å². The number of hydrogen-bond donors (Lipinski definition) is 1. The Balaban J connectivity index is 1.58. The van der Waals surface area contributed by atoms with Gasteiger partial charge in [0.1, 0.15) is 6.04 Å². The van der Waals surface area contributed by atoms with Crippen molar-refractivity contribution in [1.82, 2.24) is 14.0 Å². The Bertz CT molecular complexity index is 1600. The molecule has 1 aliphatic heterocycles. The number of hydrazone groups is 1. The van der Waals surface area contributed by atoms with E-state index >= 15 is 0 Å². The maximum Gasteiger partial charge on any atom is 0.259 e. The van der Waals surface area contributed by atoms with E-state index in [1.807, 2.05) is 13.8 Å². The molecule has 224 valence electrons. The molecule has 1 N–H and O–H groups in total. The number of sulfonamides is 2. The van der Waals surface area contributed by atoms with Gasteiger partial charge in [0.15, 0.2) is 11.5 Å². The first kappa shape index (κ1) is 31.2. The predicted molar refractivity (Wildman–Crippen MR) is 158 cm³/mol. The molecular formula is C29H34N4O7S2. The molecule has 3 aromatic carbocycles. The second kappa shape index (κ2) is 13.9. The average molecular weight is 615 g/mol. The summed E-state index contributed by atoms with van der Waals surface area (Å²) in [6, 6.07) is 19.3. The Kier molecular flexibility index (Phi) is 10.3. The van der Waals surface area contributed by atoms with Crippen molar-refractivity contribution in [1.29, 1.82) is 0 Å². The molecule has 13 heteroatoms. The Labute approximate surface area is 246 Å². The Hall–Kier alpha value is -3.78. The van der Waals surface area contributed by atoms with Crippen LogP contribution in [0.2, 0.25) is 0 Å². The fourth-order valence-corrected chi connectivity index (χ4v) is 7.43. The number of amides is 1. The normalized spacial score (nSPS) is 16.8. The highest BCUT2D eigenvalue weighted by atomic mass is 32.2. The minimum atomic E-state index is -4.12. The van der Waals surface area contributed by atoms with Gasteiger partial charge in [0.2, 0.25) is 20.0 Å². The van der Waals surface area contributed by atoms with E-state index in [1.54, 1.807) is 54.6 Å². The van der Waals surface area contributed by atoms with Crippen molar-refractivity contribution in [2.45, 2.75) is 36.1 Å². The van der Waals surface area contributed by atoms with Gasteiger partial charge >= 0.3 is 0 Å². The molecule has 1 fully saturated rings. The molecule has 0 spiro atoms. The highest BCUT2D eigenvalue weighted by molar-refractivity contribution is 7.89. The largest absolute Gasteiger partial charge is 0.490 e. The molecule has 0 saturated carbocycles. The van der Waals surface area contributed by atoms with E-state index in [0.717, 1.165) is 15.0 Å². The van der Waals surface area contributed by atoms with Crippen molar-refractivity contribution in [2.75, 3.05) is 32.8 Å². The highest BCUT2D eigenvalue weighted by Crippen LogP contribution is 2.28. The number of nitrogens with zero attached hydrogens (tertiary/aromatic N) is 3. The van der Waals surface area contributed by atoms with Crippen LogP contribution in [0.3, 0.4) is 0 Å². The number of benzene rings is 3. The van der Waals surface area contributed by atoms with Gasteiger partial charge in [-0.05, 0) is 61.4 Å². The van der Waals surface area contributed by atoms with E-state index in [9.17, 15) is 21.6 Å². The van der Waals surface area contributed by atoms with Crippen molar-refractivity contribution < 1.29 is 31.1 Å². The Morgan fingerprint density at radius 1 is 0.881 bits per heavy atom. The molecule has 0 radical (unpaired) electrons. The summed E-state index contributed by atoms with van der Waals surface area (Å²) in [5.41, 5.74) is 3.00. The van der Waals surface area contributed by atoms with E-state index in [0.29, 0.717) is 30.3 Å². The number of hydrogen-bond acceptors (Lipinski definition) is 8. The first-order chi connectivity index (χ1) is 20.2. The minimum absolute atomic E-state index is 0.000460. The zero-order chi connectivity index (χ0) is 30.2. The van der Waals surface area contributed by atoms with Gasteiger partial charge in [0, 0.05) is 19.6 Å². The van der Waals surface area contributed by atoms with Crippen LogP contribution in [0.4, 0.5) is 0 Å². The standard InChI is InChI=1S/C29H34N4O7S2/c1-3-19-40-27-16-15-23(20-28(27)39-4-2)21-30-31-29(34)26-22-32(41(35,36)24-11-7-5-8-12-24)17-18-33(26)42(37,38)25-13-9-6-10-14-25/h5-16,20-21,26H,3-4,17-19,22H2,1-2H3,(H,31,34)/b30-21-/t26-/m0/s1. The molecule has 3 aromatic rings. The van der Waals surface area contributed by atoms with Gasteiger partial charge in [0.25, 0.3) is 5.91 Å². The molecule has 1 saturated heterocycles. The lowest BCUT2D eigenvalue weighted by atomic mass is 10.2. The Morgan fingerprint density at radius 2 is 1.52 bits per heavy atom. The summed E-state index contributed by atoms with van der Waals surface area (Å²) in [6.45, 7) is 4.08. The lowest BCUT2D eigenvalue weighted by Gasteiger charge is -2.38. The van der Waals surface area contributed by atoms with Crippen molar-refractivity contribution in [3.8, 4) is 11.5 Å². The van der Waals surface area contributed by atoms with Gasteiger partial charge in [0.05, 0.1) is 29.2 Å². The minimum Gasteiger partial charge on any atom is -0.490 e. The zero-order valence-corrected chi connectivity index (χ0v) is 25.1. The van der Waals surface area contributed by atoms with Crippen LogP contribution < -0.4 is 14.9 Å². The van der Waals surface area contributed by atoms with Gasteiger partial charge in [-0.3, -0.25) is 4.79 Å². The smallest absolute Gasteiger partial charge is 0.259 e. The third kappa shape index (κ3) is 7.16. The van der Waals surface area contributed by atoms with E-state index in [4.69, 9.17) is 9.47 Å². The van der Waals surface area contributed by atoms with Crippen LogP contribution in [0.25, 0.3) is 0 Å². The summed E-state index contributed by atoms with van der Waals surface area (Å²) in [7, 11) is -8.10. The van der Waals surface area contributed by atoms with Gasteiger partial charge in [-0.1, -0.05) is 43.3 Å². The molecule has 11 nitrogen and oxygen atoms in total. The van der Waals surface area contributed by atoms with E-state index in [1.165, 1.54) is 30.5 Å². The molecule has 1 aliphatic rings. The average Bonchev–Trinajstić information content (AvgIpc) is 3.01. The van der Waals surface area contributed by atoms with E-state index in [-0.39, 0.29) is 29.4 Å². The van der Waals surface area contributed by atoms with Crippen molar-refractivity contribution in [3.63, 3.8) is 0 Å². The molecule has 4 rings (SSSR count). The van der Waals surface area contributed by atoms with E-state index in [2.05, 4.69) is 10.5 Å². The second-order valence-corrected chi connectivity index (χ2v) is 13.2. The summed E-state index contributed by atoms with van der Waals surface area (Å²) < 4.78 is 67.3. The lowest BCUT2D eigenvalue weighted by Crippen LogP contribution is -2.60. The maximum atomic E-state index is 13.5. The number of carbonyl (C=O) groups excluding carboxylic acids is 1. The van der Waals surface area contributed by atoms with Gasteiger partial charge < -0.3 is 9.47 Å². The van der Waals surface area contributed by atoms with Crippen LogP contribution in [-0.2, 0) is 24.8 Å². The van der Waals surface area contributed by atoms with Gasteiger partial charge in [-0.2, -0.15) is 13.7 Å². The molecule has 42 heavy (non-hydrogen) atoms. The number of carbonyl (C=O) groups is 1. The third-order valence-corrected chi connectivity index (χ3v) is 10.2. The first-order valence-electron chi connectivity index (χ1n) is 13.5. The third-order valence-electron chi connectivity index (χ3n) is 6.45. The fourth-order valence-electron chi connectivity index (χ4n) is 4.38. The summed E-state index contributed by atoms with van der Waals surface area (Å²) in [5, 5.41) is 4.03. The summed E-state index contributed by atoms with van der Waals surface area (Å²) >= 11 is 0. The second-order valence-electron chi connectivity index (χ2n) is 9.34. The number of piperazine rings is 1. The molecule has 1 heterocycles. The van der Waals surface area contributed by atoms with E-state index < -0.39 is 32.0 Å². The maximum absolute atomic E-state index is 13.5. The van der Waals surface area contributed by atoms with Gasteiger partial charge in [-0.15, -0.1) is 0 Å². The monoisotopic (exact) mass is 614 g/mol. The first-order valence-corrected chi connectivity index (χ1v) is 16.4. The number of rotatable bonds is 12. The molecule has 1 atom stereocenters. The van der Waals surface area contributed by atoms with Crippen LogP contribution >= 0.6 is 0 Å². The summed E-state index contributed by atoms with van der Waals surface area (Å²) in [5.74, 6) is 0.339. The number of nitrogens with one attached hydrogen (secondary N) is 1. The number of ether oxygens (including phenoxy) is 2. The van der Waals surface area contributed by atoms with Crippen LogP contribution in [0, 0.1) is 0 Å². The summed E-state index contributed by atoms with van der Waals surface area (Å²) in [6.07, 6.45) is 2.23. The fraction of sp³-hybridized carbons (Fsp3) is 0.310. The zero-order valence-electron chi connectivity index (χ0n) is 23.4. The molecule has 0 aromatic heterocycles. The predicted octanol–water partition coefficient (Wildman–Crippen LogP) is 3.09. The Morgan fingerprint density at radius 3 is 2.14 bits per heavy atom. The molecular weight excluding hydrogens is 580 g/mol. The lowest BCUT2D eigenvalue weighted by molar-refractivity contribution is -0.125. The molecule has 0 unspecified atom stereocenters. The van der Waals surface area contributed by atoms with Crippen LogP contribution in [0.1, 0.15) is 25.8 Å². The summed E-state index contributed by atoms with van der Waals surface area (Å²) in [4.78, 5) is 13.5. The molecule has 1 amide bonds. The SMILES string of the molecule is CCCOc1ccc(/C=N\NC(=O)[C@@H]2CN(S(=O)(=O)c3ccccc3)CCN2S(=O)(=O)c2ccccc2)cc1OCC.